The van der Waals surface area contributed by atoms with E-state index in [1.807, 2.05) is 48.5 Å². The third-order valence-corrected chi connectivity index (χ3v) is 9.74. The summed E-state index contributed by atoms with van der Waals surface area (Å²) < 4.78 is 6.53. The van der Waals surface area contributed by atoms with Gasteiger partial charge < -0.3 is 4.42 Å². The number of hydrogen-bond donors (Lipinski definition) is 0. The molecular weight excluding hydrogens is 623 g/mol. The molecule has 2 heterocycles. The van der Waals surface area contributed by atoms with Gasteiger partial charge >= 0.3 is 0 Å². The molecule has 51 heavy (non-hydrogen) atoms. The van der Waals surface area contributed by atoms with E-state index in [4.69, 9.17) is 19.4 Å². The smallest absolute Gasteiger partial charge is 0.164 e. The Labute approximate surface area is 294 Å². The molecule has 0 spiro atoms. The predicted molar refractivity (Wildman–Crippen MR) is 209 cm³/mol. The van der Waals surface area contributed by atoms with E-state index >= 15 is 0 Å². The Morgan fingerprint density at radius 3 is 1.63 bits per heavy atom. The molecule has 0 aliphatic rings. The zero-order valence-electron chi connectivity index (χ0n) is 27.5. The Morgan fingerprint density at radius 2 is 0.843 bits per heavy atom. The van der Waals surface area contributed by atoms with Gasteiger partial charge in [-0.15, -0.1) is 0 Å². The Hall–Kier alpha value is -6.91. The van der Waals surface area contributed by atoms with Crippen LogP contribution >= 0.6 is 0 Å². The standard InChI is InChI=1S/C47H29N3O/c1-2-13-33(14-3-1)45-48-46(34-26-23-31(24-27-34)36-28-25-30-11-4-5-15-35(30)29-36)50-47(49-45)40-20-10-22-42-44(40)43-39(19-9-21-41(43)51-42)38-18-8-16-32-12-6-7-17-37(32)38/h1-29H. The largest absolute Gasteiger partial charge is 0.456 e. The van der Waals surface area contributed by atoms with Gasteiger partial charge in [0.2, 0.25) is 0 Å². The fourth-order valence-electron chi connectivity index (χ4n) is 7.26. The molecule has 238 valence electrons. The van der Waals surface area contributed by atoms with Crippen molar-refractivity contribution in [2.45, 2.75) is 0 Å². The van der Waals surface area contributed by atoms with Crippen LogP contribution in [0.3, 0.4) is 0 Å². The van der Waals surface area contributed by atoms with Crippen LogP contribution in [0.25, 0.3) is 99.9 Å². The number of hydrogen-bond acceptors (Lipinski definition) is 4. The van der Waals surface area contributed by atoms with Gasteiger partial charge in [0.15, 0.2) is 17.5 Å². The lowest BCUT2D eigenvalue weighted by molar-refractivity contribution is 0.669. The highest BCUT2D eigenvalue weighted by atomic mass is 16.3. The number of rotatable bonds is 5. The van der Waals surface area contributed by atoms with Crippen molar-refractivity contribution in [1.29, 1.82) is 0 Å². The van der Waals surface area contributed by atoms with Crippen molar-refractivity contribution in [1.82, 2.24) is 15.0 Å². The minimum absolute atomic E-state index is 0.596. The van der Waals surface area contributed by atoms with Crippen LogP contribution in [0.5, 0.6) is 0 Å². The Morgan fingerprint density at radius 1 is 0.314 bits per heavy atom. The molecule has 0 bridgehead atoms. The highest BCUT2D eigenvalue weighted by Gasteiger charge is 2.20. The first kappa shape index (κ1) is 29.0. The second-order valence-corrected chi connectivity index (χ2v) is 12.8. The predicted octanol–water partition coefficient (Wildman–Crippen LogP) is 12.4. The summed E-state index contributed by atoms with van der Waals surface area (Å²) in [6.07, 6.45) is 0. The summed E-state index contributed by atoms with van der Waals surface area (Å²) >= 11 is 0. The maximum Gasteiger partial charge on any atom is 0.164 e. The first-order valence-electron chi connectivity index (χ1n) is 17.1. The molecule has 0 amide bonds. The lowest BCUT2D eigenvalue weighted by Gasteiger charge is -2.11. The molecule has 10 rings (SSSR count). The first-order chi connectivity index (χ1) is 25.3. The molecule has 0 aliphatic carbocycles. The van der Waals surface area contributed by atoms with Crippen molar-refractivity contribution < 1.29 is 4.42 Å². The molecule has 0 unspecified atom stereocenters. The zero-order chi connectivity index (χ0) is 33.7. The summed E-state index contributed by atoms with van der Waals surface area (Å²) in [5, 5.41) is 6.87. The lowest BCUT2D eigenvalue weighted by Crippen LogP contribution is -2.00. The maximum atomic E-state index is 6.53. The molecule has 0 saturated carbocycles. The molecule has 0 saturated heterocycles. The number of benzene rings is 8. The summed E-state index contributed by atoms with van der Waals surface area (Å²) in [6.45, 7) is 0. The van der Waals surface area contributed by atoms with Crippen molar-refractivity contribution in [3.63, 3.8) is 0 Å². The summed E-state index contributed by atoms with van der Waals surface area (Å²) in [5.41, 5.74) is 8.92. The molecule has 0 radical (unpaired) electrons. The Balaban J connectivity index is 1.16. The van der Waals surface area contributed by atoms with Crippen molar-refractivity contribution in [2.75, 3.05) is 0 Å². The average Bonchev–Trinajstić information content (AvgIpc) is 3.60. The molecule has 10 aromatic rings. The highest BCUT2D eigenvalue weighted by molar-refractivity contribution is 6.19. The van der Waals surface area contributed by atoms with E-state index in [0.717, 1.165) is 55.3 Å². The van der Waals surface area contributed by atoms with Crippen LogP contribution in [0.2, 0.25) is 0 Å². The minimum atomic E-state index is 0.596. The van der Waals surface area contributed by atoms with E-state index in [1.165, 1.54) is 27.1 Å². The summed E-state index contributed by atoms with van der Waals surface area (Å²) in [4.78, 5) is 15.3. The molecule has 4 nitrogen and oxygen atoms in total. The van der Waals surface area contributed by atoms with Crippen molar-refractivity contribution in [3.8, 4) is 56.4 Å². The van der Waals surface area contributed by atoms with Gasteiger partial charge in [0, 0.05) is 27.5 Å². The van der Waals surface area contributed by atoms with Gasteiger partial charge in [0.05, 0.1) is 0 Å². The van der Waals surface area contributed by atoms with Crippen LogP contribution in [-0.2, 0) is 0 Å². The third kappa shape index (κ3) is 5.04. The molecule has 4 heteroatoms. The molecular formula is C47H29N3O. The third-order valence-electron chi connectivity index (χ3n) is 9.74. The van der Waals surface area contributed by atoms with Gasteiger partial charge in [-0.1, -0.05) is 158 Å². The molecule has 0 atom stereocenters. The van der Waals surface area contributed by atoms with Crippen LogP contribution in [0, 0.1) is 0 Å². The first-order valence-corrected chi connectivity index (χ1v) is 17.1. The monoisotopic (exact) mass is 651 g/mol. The summed E-state index contributed by atoms with van der Waals surface area (Å²) in [7, 11) is 0. The van der Waals surface area contributed by atoms with Crippen LogP contribution in [-0.4, -0.2) is 15.0 Å². The number of fused-ring (bicyclic) bond motifs is 5. The van der Waals surface area contributed by atoms with E-state index < -0.39 is 0 Å². The second-order valence-electron chi connectivity index (χ2n) is 12.8. The molecule has 0 aliphatic heterocycles. The van der Waals surface area contributed by atoms with Gasteiger partial charge in [-0.2, -0.15) is 0 Å². The molecule has 2 aromatic heterocycles. The van der Waals surface area contributed by atoms with Crippen molar-refractivity contribution >= 4 is 43.5 Å². The molecule has 8 aromatic carbocycles. The second kappa shape index (κ2) is 11.9. The van der Waals surface area contributed by atoms with E-state index in [-0.39, 0.29) is 0 Å². The van der Waals surface area contributed by atoms with Crippen LogP contribution in [0.1, 0.15) is 0 Å². The van der Waals surface area contributed by atoms with Crippen LogP contribution in [0.15, 0.2) is 180 Å². The van der Waals surface area contributed by atoms with Gasteiger partial charge in [0.1, 0.15) is 11.2 Å². The fraction of sp³-hybridized carbons (Fsp3) is 0. The van der Waals surface area contributed by atoms with Crippen LogP contribution in [0.4, 0.5) is 0 Å². The summed E-state index contributed by atoms with van der Waals surface area (Å²) in [6, 6.07) is 61.0. The number of aromatic nitrogens is 3. The van der Waals surface area contributed by atoms with Gasteiger partial charge in [-0.25, -0.2) is 15.0 Å². The molecule has 0 fully saturated rings. The Kier molecular flexibility index (Phi) is 6.78. The van der Waals surface area contributed by atoms with Crippen molar-refractivity contribution in [2.24, 2.45) is 0 Å². The maximum absolute atomic E-state index is 6.53. The SMILES string of the molecule is c1ccc(-c2nc(-c3ccc(-c4ccc5ccccc5c4)cc3)nc(-c3cccc4oc5cccc(-c6cccc7ccccc67)c5c34)n2)cc1. The average molecular weight is 652 g/mol. The van der Waals surface area contributed by atoms with Crippen molar-refractivity contribution in [3.05, 3.63) is 176 Å². The van der Waals surface area contributed by atoms with Gasteiger partial charge in [-0.3, -0.25) is 0 Å². The van der Waals surface area contributed by atoms with E-state index in [1.54, 1.807) is 0 Å². The Bertz CT molecular complexity index is 2900. The van der Waals surface area contributed by atoms with E-state index in [2.05, 4.69) is 127 Å². The van der Waals surface area contributed by atoms with Gasteiger partial charge in [-0.05, 0) is 62.0 Å². The van der Waals surface area contributed by atoms with E-state index in [0.29, 0.717) is 17.5 Å². The minimum Gasteiger partial charge on any atom is -0.456 e. The lowest BCUT2D eigenvalue weighted by atomic mass is 9.93. The number of nitrogens with zero attached hydrogens (tertiary/aromatic N) is 3. The highest BCUT2D eigenvalue weighted by Crippen LogP contribution is 2.43. The van der Waals surface area contributed by atoms with Gasteiger partial charge in [0.25, 0.3) is 0 Å². The topological polar surface area (TPSA) is 51.8 Å². The fourth-order valence-corrected chi connectivity index (χ4v) is 7.26. The number of furan rings is 1. The quantitative estimate of drug-likeness (QED) is 0.186. The zero-order valence-corrected chi connectivity index (χ0v) is 27.5. The van der Waals surface area contributed by atoms with Crippen LogP contribution < -0.4 is 0 Å². The molecule has 0 N–H and O–H groups in total. The van der Waals surface area contributed by atoms with E-state index in [9.17, 15) is 0 Å². The summed E-state index contributed by atoms with van der Waals surface area (Å²) in [5.74, 6) is 1.83. The normalized spacial score (nSPS) is 11.5.